The van der Waals surface area contributed by atoms with Crippen molar-refractivity contribution < 1.29 is 22.4 Å². The van der Waals surface area contributed by atoms with E-state index < -0.39 is 11.7 Å². The van der Waals surface area contributed by atoms with Crippen LogP contribution in [0.15, 0.2) is 42.9 Å². The van der Waals surface area contributed by atoms with Gasteiger partial charge in [-0.15, -0.1) is 4.68 Å². The number of hydrogen-bond donors (Lipinski definition) is 0. The number of halogens is 3. The molecule has 3 aromatic rings. The second-order valence-corrected chi connectivity index (χ2v) is 6.90. The van der Waals surface area contributed by atoms with E-state index in [1.165, 1.54) is 12.1 Å². The Hall–Kier alpha value is -2.70. The van der Waals surface area contributed by atoms with Gasteiger partial charge in [-0.05, 0) is 32.9 Å². The third-order valence-electron chi connectivity index (χ3n) is 4.78. The van der Waals surface area contributed by atoms with Crippen LogP contribution in [0.5, 0.6) is 0 Å². The first-order valence-electron chi connectivity index (χ1n) is 8.74. The van der Waals surface area contributed by atoms with Crippen LogP contribution in [0.1, 0.15) is 36.8 Å². The van der Waals surface area contributed by atoms with Gasteiger partial charge in [0.15, 0.2) is 7.05 Å². The van der Waals surface area contributed by atoms with Gasteiger partial charge in [-0.2, -0.15) is 17.9 Å². The van der Waals surface area contributed by atoms with Crippen molar-refractivity contribution in [1.29, 1.82) is 0 Å². The summed E-state index contributed by atoms with van der Waals surface area (Å²) in [5.74, 6) is 0.620. The number of aryl methyl sites for hydroxylation is 1. The molecule has 7 heteroatoms. The Morgan fingerprint density at radius 1 is 1.15 bits per heavy atom. The van der Waals surface area contributed by atoms with Crippen LogP contribution in [0.4, 0.5) is 13.2 Å². The number of rotatable bonds is 3. The van der Waals surface area contributed by atoms with E-state index in [0.717, 1.165) is 11.3 Å². The van der Waals surface area contributed by atoms with E-state index in [4.69, 9.17) is 0 Å². The van der Waals surface area contributed by atoms with E-state index in [-0.39, 0.29) is 6.04 Å². The molecule has 0 saturated carbocycles. The van der Waals surface area contributed by atoms with E-state index >= 15 is 0 Å². The molecule has 27 heavy (non-hydrogen) atoms. The minimum absolute atomic E-state index is 0.198. The van der Waals surface area contributed by atoms with E-state index in [9.17, 15) is 13.2 Å². The Bertz CT molecular complexity index is 987. The maximum absolute atomic E-state index is 13.6. The molecule has 0 aliphatic rings. The Morgan fingerprint density at radius 2 is 1.85 bits per heavy atom. The zero-order valence-electron chi connectivity index (χ0n) is 16.0. The predicted molar refractivity (Wildman–Crippen MR) is 95.2 cm³/mol. The first-order chi connectivity index (χ1) is 12.6. The molecule has 0 spiro atoms. The average molecular weight is 376 g/mol. The Kier molecular flexibility index (Phi) is 4.80. The van der Waals surface area contributed by atoms with Crippen molar-refractivity contribution in [3.63, 3.8) is 0 Å². The lowest BCUT2D eigenvalue weighted by molar-refractivity contribution is -0.745. The smallest absolute Gasteiger partial charge is 0.200 e. The maximum atomic E-state index is 13.6. The molecule has 4 nitrogen and oxygen atoms in total. The summed E-state index contributed by atoms with van der Waals surface area (Å²) in [6.45, 7) is 7.68. The zero-order chi connectivity index (χ0) is 19.9. The van der Waals surface area contributed by atoms with Gasteiger partial charge in [-0.25, -0.2) is 4.57 Å². The molecular weight excluding hydrogens is 353 g/mol. The molecule has 0 N–H and O–H groups in total. The monoisotopic (exact) mass is 376 g/mol. The van der Waals surface area contributed by atoms with Crippen molar-refractivity contribution in [2.75, 3.05) is 0 Å². The van der Waals surface area contributed by atoms with Crippen LogP contribution in [0, 0.1) is 13.8 Å². The van der Waals surface area contributed by atoms with Crippen molar-refractivity contribution in [2.45, 2.75) is 39.9 Å². The van der Waals surface area contributed by atoms with E-state index in [1.54, 1.807) is 30.0 Å². The van der Waals surface area contributed by atoms with Gasteiger partial charge in [0.05, 0.1) is 23.4 Å². The van der Waals surface area contributed by atoms with E-state index in [1.807, 2.05) is 49.4 Å². The molecule has 0 unspecified atom stereocenters. The molecular formula is C20H23F3N4+2. The average Bonchev–Trinajstić information content (AvgIpc) is 2.96. The number of nitrogens with zero attached hydrogens (tertiary/aromatic N) is 4. The van der Waals surface area contributed by atoms with Gasteiger partial charge in [0.25, 0.3) is 5.82 Å². The minimum atomic E-state index is -4.44. The Morgan fingerprint density at radius 3 is 2.41 bits per heavy atom. The third kappa shape index (κ3) is 3.46. The number of alkyl halides is 3. The summed E-state index contributed by atoms with van der Waals surface area (Å²) in [6.07, 6.45) is 0.807. The van der Waals surface area contributed by atoms with Gasteiger partial charge in [-0.1, -0.05) is 4.98 Å². The quantitative estimate of drug-likeness (QED) is 0.637. The summed E-state index contributed by atoms with van der Waals surface area (Å²) in [7, 11) is 1.86. The molecule has 2 aromatic heterocycles. The van der Waals surface area contributed by atoms with Crippen molar-refractivity contribution in [3.8, 4) is 16.9 Å². The number of hydrogen-bond acceptors (Lipinski definition) is 1. The Labute approximate surface area is 156 Å². The fourth-order valence-corrected chi connectivity index (χ4v) is 3.34. The van der Waals surface area contributed by atoms with Gasteiger partial charge in [0, 0.05) is 24.6 Å². The Balaban J connectivity index is 2.32. The molecule has 0 radical (unpaired) electrons. The van der Waals surface area contributed by atoms with Crippen LogP contribution in [-0.2, 0) is 13.2 Å². The highest BCUT2D eigenvalue weighted by Gasteiger charge is 2.34. The van der Waals surface area contributed by atoms with Crippen molar-refractivity contribution in [3.05, 3.63) is 59.8 Å². The summed E-state index contributed by atoms with van der Waals surface area (Å²) in [6, 6.07) is 6.18. The van der Waals surface area contributed by atoms with Crippen LogP contribution in [0.25, 0.3) is 16.9 Å². The molecule has 142 valence electrons. The van der Waals surface area contributed by atoms with Gasteiger partial charge < -0.3 is 0 Å². The first-order valence-corrected chi connectivity index (χ1v) is 8.74. The fraction of sp³-hybridized carbons (Fsp3) is 0.350. The standard InChI is InChI=1S/C20H23F3N4/c1-13(2)27-10-7-18(25(27)5)17-11-16(20(21,22)23)12-19(14(17)3)26-9-6-8-24-15(26)4/h6-13H,1-5H3/q+2. The second kappa shape index (κ2) is 6.79. The molecule has 0 aliphatic heterocycles. The van der Waals surface area contributed by atoms with E-state index in [2.05, 4.69) is 4.98 Å². The zero-order valence-corrected chi connectivity index (χ0v) is 16.0. The normalized spacial score (nSPS) is 12.0. The highest BCUT2D eigenvalue weighted by Crippen LogP contribution is 2.35. The van der Waals surface area contributed by atoms with Gasteiger partial charge in [-0.3, -0.25) is 0 Å². The van der Waals surface area contributed by atoms with Crippen LogP contribution >= 0.6 is 0 Å². The molecule has 1 aromatic carbocycles. The lowest BCUT2D eigenvalue weighted by atomic mass is 9.99. The van der Waals surface area contributed by atoms with Crippen molar-refractivity contribution in [1.82, 2.24) is 9.67 Å². The van der Waals surface area contributed by atoms with Gasteiger partial charge >= 0.3 is 6.18 Å². The maximum Gasteiger partial charge on any atom is 0.416 e. The van der Waals surface area contributed by atoms with Crippen molar-refractivity contribution in [2.24, 2.45) is 7.05 Å². The molecule has 3 rings (SSSR count). The lowest BCUT2D eigenvalue weighted by Gasteiger charge is -2.14. The fourth-order valence-electron chi connectivity index (χ4n) is 3.34. The summed E-state index contributed by atoms with van der Waals surface area (Å²) in [5, 5.41) is 0. The van der Waals surface area contributed by atoms with Crippen molar-refractivity contribution >= 4 is 0 Å². The molecule has 0 bridgehead atoms. The SMILES string of the molecule is Cc1c(-c2ccn(C(C)C)[n+]2C)cc(C(F)(F)F)cc1-[n+]1cccnc1C. The van der Waals surface area contributed by atoms with Gasteiger partial charge in [0.1, 0.15) is 18.1 Å². The summed E-state index contributed by atoms with van der Waals surface area (Å²) >= 11 is 0. The van der Waals surface area contributed by atoms with E-state index in [0.29, 0.717) is 17.1 Å². The number of aromatic nitrogens is 4. The molecule has 0 amide bonds. The van der Waals surface area contributed by atoms with Crippen LogP contribution < -0.4 is 9.25 Å². The largest absolute Gasteiger partial charge is 0.416 e. The highest BCUT2D eigenvalue weighted by molar-refractivity contribution is 5.66. The molecule has 0 saturated heterocycles. The molecule has 0 atom stereocenters. The summed E-state index contributed by atoms with van der Waals surface area (Å²) in [4.78, 5) is 4.21. The molecule has 0 aliphatic carbocycles. The topological polar surface area (TPSA) is 25.6 Å². The minimum Gasteiger partial charge on any atom is -0.200 e. The predicted octanol–water partition coefficient (Wildman–Crippen LogP) is 3.87. The first kappa shape index (κ1) is 19.1. The summed E-state index contributed by atoms with van der Waals surface area (Å²) < 4.78 is 46.4. The summed E-state index contributed by atoms with van der Waals surface area (Å²) in [5.41, 5.74) is 1.85. The lowest BCUT2D eigenvalue weighted by Crippen LogP contribution is -2.41. The van der Waals surface area contributed by atoms with Crippen LogP contribution in [0.2, 0.25) is 0 Å². The van der Waals surface area contributed by atoms with Crippen LogP contribution in [0.3, 0.4) is 0 Å². The highest BCUT2D eigenvalue weighted by atomic mass is 19.4. The molecule has 2 heterocycles. The molecule has 0 fully saturated rings. The van der Waals surface area contributed by atoms with Crippen LogP contribution in [-0.4, -0.2) is 9.67 Å². The second-order valence-electron chi connectivity index (χ2n) is 6.90. The third-order valence-corrected chi connectivity index (χ3v) is 4.78. The number of benzene rings is 1. The van der Waals surface area contributed by atoms with Gasteiger partial charge in [0.2, 0.25) is 5.69 Å².